The predicted molar refractivity (Wildman–Crippen MR) is 189 cm³/mol. The maximum absolute atomic E-state index is 9.32. The zero-order valence-electron chi connectivity index (χ0n) is 32.0. The van der Waals surface area contributed by atoms with Crippen LogP contribution in [0.15, 0.2) is 0 Å². The summed E-state index contributed by atoms with van der Waals surface area (Å²) >= 11 is 5.27. The van der Waals surface area contributed by atoms with Crippen LogP contribution in [0.3, 0.4) is 0 Å². The first-order valence-electron chi connectivity index (χ1n) is 16.6. The van der Waals surface area contributed by atoms with Crippen molar-refractivity contribution >= 4 is 11.6 Å². The van der Waals surface area contributed by atoms with E-state index in [9.17, 15) is 5.11 Å². The third-order valence-electron chi connectivity index (χ3n) is 5.40. The molecule has 0 aromatic carbocycles. The highest BCUT2D eigenvalue weighted by atomic mass is 35.5. The number of alkyl halides is 1. The van der Waals surface area contributed by atoms with E-state index in [-0.39, 0.29) is 13.2 Å². The second kappa shape index (κ2) is 52.1. The molecule has 1 rings (SSSR count). The van der Waals surface area contributed by atoms with Gasteiger partial charge in [0.05, 0.1) is 138 Å². The Morgan fingerprint density at radius 1 is 0.490 bits per heavy atom. The van der Waals surface area contributed by atoms with Crippen molar-refractivity contribution in [3.8, 4) is 0 Å². The molecule has 0 aromatic heterocycles. The summed E-state index contributed by atoms with van der Waals surface area (Å²) in [5.41, 5.74) is 0. The van der Waals surface area contributed by atoms with Crippen LogP contribution in [0.4, 0.5) is 0 Å². The van der Waals surface area contributed by atoms with Crippen molar-refractivity contribution in [2.45, 2.75) is 26.1 Å². The molecule has 2 N–H and O–H groups in total. The molecule has 1 aliphatic rings. The third-order valence-corrected chi connectivity index (χ3v) is 5.74. The number of hydrogen-bond acceptors (Lipinski definition) is 15. The molecule has 0 aliphatic carbocycles. The zero-order chi connectivity index (χ0) is 37.6. The van der Waals surface area contributed by atoms with Crippen LogP contribution in [-0.4, -0.2) is 204 Å². The van der Waals surface area contributed by atoms with Crippen LogP contribution in [0.25, 0.3) is 0 Å². The maximum Gasteiger partial charge on any atom is 0.101 e. The first-order chi connectivity index (χ1) is 23.9. The largest absolute Gasteiger partial charge is 0.400 e. The molecule has 0 spiro atoms. The minimum Gasteiger partial charge on any atom is -0.400 e. The molecular formula is C33H73ClO15. The Labute approximate surface area is 302 Å². The van der Waals surface area contributed by atoms with Crippen molar-refractivity contribution in [1.29, 1.82) is 0 Å². The Kier molecular flexibility index (Phi) is 58.9. The lowest BCUT2D eigenvalue weighted by Crippen LogP contribution is -2.23. The van der Waals surface area contributed by atoms with Gasteiger partial charge in [0, 0.05) is 61.6 Å². The summed E-state index contributed by atoms with van der Waals surface area (Å²) in [4.78, 5) is 0. The molecule has 15 nitrogen and oxygen atoms in total. The van der Waals surface area contributed by atoms with Crippen molar-refractivity contribution in [3.05, 3.63) is 0 Å². The molecule has 49 heavy (non-hydrogen) atoms. The van der Waals surface area contributed by atoms with E-state index in [2.05, 4.69) is 13.8 Å². The first kappa shape index (κ1) is 55.4. The topological polar surface area (TPSA) is 164 Å². The molecule has 1 aliphatic heterocycles. The Bertz CT molecular complexity index is 443. The van der Waals surface area contributed by atoms with E-state index in [1.54, 1.807) is 42.7 Å². The van der Waals surface area contributed by atoms with Crippen molar-refractivity contribution in [1.82, 2.24) is 0 Å². The lowest BCUT2D eigenvalue weighted by atomic mass is 10.2. The minimum absolute atomic E-state index is 0.274. The second-order valence-corrected chi connectivity index (χ2v) is 10.7. The molecule has 0 aromatic rings. The fraction of sp³-hybridized carbons (Fsp3) is 1.00. The summed E-state index contributed by atoms with van der Waals surface area (Å²) in [6.07, 6.45) is -0.180. The molecule has 1 heterocycles. The number of hydrogen-bond donors (Lipinski definition) is 2. The Morgan fingerprint density at radius 3 is 0.878 bits per heavy atom. The minimum atomic E-state index is -0.580. The van der Waals surface area contributed by atoms with Gasteiger partial charge in [-0.1, -0.05) is 13.8 Å². The molecule has 0 bridgehead atoms. The van der Waals surface area contributed by atoms with E-state index >= 15 is 0 Å². The molecule has 1 saturated heterocycles. The van der Waals surface area contributed by atoms with Crippen LogP contribution in [-0.2, 0) is 61.6 Å². The molecule has 1 atom stereocenters. The van der Waals surface area contributed by atoms with E-state index in [4.69, 9.17) is 78.3 Å². The fourth-order valence-electron chi connectivity index (χ4n) is 2.73. The van der Waals surface area contributed by atoms with E-state index in [1.165, 1.54) is 0 Å². The molecule has 0 saturated carbocycles. The third kappa shape index (κ3) is 60.1. The second-order valence-electron chi connectivity index (χ2n) is 10.4. The van der Waals surface area contributed by atoms with Crippen LogP contribution < -0.4 is 0 Å². The highest BCUT2D eigenvalue weighted by Gasteiger charge is 2.19. The summed E-state index contributed by atoms with van der Waals surface area (Å²) in [6.45, 7) is 15.8. The predicted octanol–water partition coefficient (Wildman–Crippen LogP) is 1.80. The average Bonchev–Trinajstić information content (AvgIpc) is 3.96. The van der Waals surface area contributed by atoms with Crippen molar-refractivity contribution in [2.75, 3.05) is 181 Å². The van der Waals surface area contributed by atoms with E-state index < -0.39 is 6.10 Å². The van der Waals surface area contributed by atoms with E-state index in [0.29, 0.717) is 103 Å². The summed E-state index contributed by atoms with van der Waals surface area (Å²) in [6, 6.07) is 0. The van der Waals surface area contributed by atoms with Crippen molar-refractivity contribution in [3.63, 3.8) is 0 Å². The van der Waals surface area contributed by atoms with Gasteiger partial charge in [-0.25, -0.2) is 0 Å². The summed E-state index contributed by atoms with van der Waals surface area (Å²) in [5.74, 6) is 1.51. The summed E-state index contributed by atoms with van der Waals surface area (Å²) in [7, 11) is 10.9. The highest BCUT2D eigenvalue weighted by molar-refractivity contribution is 6.18. The molecule has 302 valence electrons. The van der Waals surface area contributed by atoms with Gasteiger partial charge in [-0.2, -0.15) is 0 Å². The Balaban J connectivity index is -0.000000281. The lowest BCUT2D eigenvalue weighted by molar-refractivity contribution is -0.0356. The van der Waals surface area contributed by atoms with Gasteiger partial charge in [0.25, 0.3) is 0 Å². The van der Waals surface area contributed by atoms with Gasteiger partial charge in [0.2, 0.25) is 0 Å². The average molecular weight is 745 g/mol. The molecule has 1 unspecified atom stereocenters. The molecule has 0 radical (unpaired) electrons. The number of aliphatic hydroxyl groups excluding tert-OH is 2. The summed E-state index contributed by atoms with van der Waals surface area (Å²) < 4.78 is 65.4. The Morgan fingerprint density at radius 2 is 0.714 bits per heavy atom. The van der Waals surface area contributed by atoms with Crippen LogP contribution in [0.1, 0.15) is 13.8 Å². The standard InChI is InChI=1S/2C10H22O4.C9H20O5.C3H5ClO.CH4O/c2*1-10(8-13-6-4-11-2)9-14-7-5-12-3;1-11-3-5-13-7-9(10)8-14-6-4-12-2;4-1-3-2-5-3;1-2/h2*10H,4-9H2,1-3H3;9-10H,3-8H2,1-2H3;3H,1-2H2;2H,1H3. The lowest BCUT2D eigenvalue weighted by Gasteiger charge is -2.12. The first-order valence-corrected chi connectivity index (χ1v) is 17.1. The number of halogens is 1. The van der Waals surface area contributed by atoms with Crippen LogP contribution in [0, 0.1) is 11.8 Å². The van der Waals surface area contributed by atoms with E-state index in [0.717, 1.165) is 40.1 Å². The molecule has 1 fully saturated rings. The highest BCUT2D eigenvalue weighted by Crippen LogP contribution is 2.08. The van der Waals surface area contributed by atoms with Gasteiger partial charge in [-0.15, -0.1) is 11.6 Å². The maximum atomic E-state index is 9.32. The van der Waals surface area contributed by atoms with Crippen LogP contribution in [0.5, 0.6) is 0 Å². The number of epoxide rings is 1. The number of aliphatic hydroxyl groups is 2. The molecular weight excluding hydrogens is 672 g/mol. The monoisotopic (exact) mass is 744 g/mol. The normalized spacial score (nSPS) is 13.2. The van der Waals surface area contributed by atoms with Gasteiger partial charge in [-0.05, 0) is 0 Å². The molecule has 16 heteroatoms. The fourth-order valence-corrected chi connectivity index (χ4v) is 2.91. The zero-order valence-corrected chi connectivity index (χ0v) is 32.8. The number of rotatable bonds is 31. The smallest absolute Gasteiger partial charge is 0.101 e. The SMILES string of the molecule is CO.COCCOCC(C)COCCOC.COCCOCC(C)COCCOC.COCCOCC(O)COCCOC.ClCC1CO1. The molecule has 0 amide bonds. The number of ether oxygens (including phenoxy) is 13. The van der Waals surface area contributed by atoms with Gasteiger partial charge < -0.3 is 71.8 Å². The van der Waals surface area contributed by atoms with Gasteiger partial charge >= 0.3 is 0 Å². The van der Waals surface area contributed by atoms with Gasteiger partial charge in [0.15, 0.2) is 0 Å². The van der Waals surface area contributed by atoms with Crippen LogP contribution in [0.2, 0.25) is 0 Å². The van der Waals surface area contributed by atoms with Gasteiger partial charge in [-0.3, -0.25) is 0 Å². The Hall–Kier alpha value is -0.310. The van der Waals surface area contributed by atoms with Crippen molar-refractivity contribution < 1.29 is 71.8 Å². The van der Waals surface area contributed by atoms with E-state index in [1.807, 2.05) is 0 Å². The van der Waals surface area contributed by atoms with Crippen LogP contribution >= 0.6 is 11.6 Å². The number of methoxy groups -OCH3 is 6. The van der Waals surface area contributed by atoms with Gasteiger partial charge in [0.1, 0.15) is 6.10 Å². The van der Waals surface area contributed by atoms with Crippen molar-refractivity contribution in [2.24, 2.45) is 11.8 Å². The summed E-state index contributed by atoms with van der Waals surface area (Å²) in [5, 5.41) is 16.3. The quantitative estimate of drug-likeness (QED) is 0.0600.